The molecule has 0 amide bonds. The van der Waals surface area contributed by atoms with Gasteiger partial charge >= 0.3 is 0 Å². The van der Waals surface area contributed by atoms with Gasteiger partial charge in [-0.2, -0.15) is 0 Å². The predicted molar refractivity (Wildman–Crippen MR) is 140 cm³/mol. The molecule has 7 rings (SSSR count). The van der Waals surface area contributed by atoms with Gasteiger partial charge in [0, 0.05) is 28.2 Å². The zero-order chi connectivity index (χ0) is 23.4. The second-order valence-corrected chi connectivity index (χ2v) is 11.4. The summed E-state index contributed by atoms with van der Waals surface area (Å²) >= 11 is 6.29. The molecule has 0 radical (unpaired) electrons. The lowest BCUT2D eigenvalue weighted by Crippen LogP contribution is -2.48. The minimum Gasteiger partial charge on any atom is -0.495 e. The number of ether oxygens (including phenoxy) is 1. The summed E-state index contributed by atoms with van der Waals surface area (Å²) in [5.74, 6) is 3.71. The zero-order valence-corrected chi connectivity index (χ0v) is 21.1. The first-order chi connectivity index (χ1) is 16.4. The maximum absolute atomic E-state index is 6.29. The van der Waals surface area contributed by atoms with E-state index in [0.717, 1.165) is 51.8 Å². The van der Waals surface area contributed by atoms with Crippen LogP contribution in [0.2, 0.25) is 5.02 Å². The lowest BCUT2D eigenvalue weighted by Gasteiger charge is -2.57. The lowest BCUT2D eigenvalue weighted by atomic mass is 9.48. The Labute approximate surface area is 207 Å². The van der Waals surface area contributed by atoms with Crippen molar-refractivity contribution in [3.63, 3.8) is 0 Å². The molecule has 0 saturated heterocycles. The Kier molecular flexibility index (Phi) is 5.37. The van der Waals surface area contributed by atoms with Gasteiger partial charge in [-0.05, 0) is 118 Å². The quantitative estimate of drug-likeness (QED) is 0.346. The minimum atomic E-state index is 0.442. The summed E-state index contributed by atoms with van der Waals surface area (Å²) in [6, 6.07) is 17.0. The van der Waals surface area contributed by atoms with Crippen molar-refractivity contribution in [3.05, 3.63) is 76.1 Å². The fraction of sp³-hybridized carbons (Fsp3) is 0.433. The van der Waals surface area contributed by atoms with Crippen LogP contribution in [-0.2, 0) is 5.41 Å². The summed E-state index contributed by atoms with van der Waals surface area (Å²) in [6.07, 6.45) is 10.7. The zero-order valence-electron chi connectivity index (χ0n) is 20.4. The average Bonchev–Trinajstić information content (AvgIpc) is 3.10. The molecule has 4 bridgehead atoms. The smallest absolute Gasteiger partial charge is 0.142 e. The maximum atomic E-state index is 6.29. The second-order valence-electron chi connectivity index (χ2n) is 11.0. The first-order valence-electron chi connectivity index (χ1n) is 12.6. The molecule has 4 heteroatoms. The number of aromatic nitrogens is 1. The van der Waals surface area contributed by atoms with Crippen LogP contribution in [0.4, 0.5) is 5.69 Å². The summed E-state index contributed by atoms with van der Waals surface area (Å²) in [5, 5.41) is 0.692. The number of hydrogen-bond donors (Lipinski definition) is 0. The molecule has 1 heterocycles. The molecule has 4 saturated carbocycles. The van der Waals surface area contributed by atoms with E-state index in [4.69, 9.17) is 21.3 Å². The topological polar surface area (TPSA) is 26.5 Å². The number of hydrogen-bond acceptors (Lipinski definition) is 2. The van der Waals surface area contributed by atoms with Crippen molar-refractivity contribution < 1.29 is 4.74 Å². The highest BCUT2D eigenvalue weighted by molar-refractivity contribution is 6.30. The third-order valence-electron chi connectivity index (χ3n) is 8.72. The third kappa shape index (κ3) is 3.69. The Hall–Kier alpha value is -2.52. The lowest BCUT2D eigenvalue weighted by molar-refractivity contribution is -0.00518. The van der Waals surface area contributed by atoms with Crippen LogP contribution < -0.4 is 4.74 Å². The van der Waals surface area contributed by atoms with Crippen molar-refractivity contribution >= 4 is 23.5 Å². The highest BCUT2D eigenvalue weighted by Gasteiger charge is 2.51. The maximum Gasteiger partial charge on any atom is 0.142 e. The molecule has 176 valence electrons. The molecule has 34 heavy (non-hydrogen) atoms. The van der Waals surface area contributed by atoms with Gasteiger partial charge in [0.25, 0.3) is 0 Å². The van der Waals surface area contributed by atoms with Gasteiger partial charge in [-0.25, -0.2) is 0 Å². The first kappa shape index (κ1) is 22.0. The van der Waals surface area contributed by atoms with Gasteiger partial charge in [-0.3, -0.25) is 4.99 Å². The van der Waals surface area contributed by atoms with Crippen molar-refractivity contribution in [2.45, 2.75) is 57.8 Å². The summed E-state index contributed by atoms with van der Waals surface area (Å²) in [7, 11) is 1.69. The van der Waals surface area contributed by atoms with Gasteiger partial charge in [0.15, 0.2) is 0 Å². The van der Waals surface area contributed by atoms with Crippen molar-refractivity contribution in [1.29, 1.82) is 0 Å². The molecule has 3 nitrogen and oxygen atoms in total. The van der Waals surface area contributed by atoms with Crippen LogP contribution in [0.15, 0.2) is 53.5 Å². The van der Waals surface area contributed by atoms with Gasteiger partial charge in [0.2, 0.25) is 0 Å². The average molecular weight is 473 g/mol. The Morgan fingerprint density at radius 2 is 1.59 bits per heavy atom. The normalized spacial score (nSPS) is 27.6. The van der Waals surface area contributed by atoms with Crippen LogP contribution in [0.3, 0.4) is 0 Å². The number of rotatable bonds is 5. The standard InChI is InChI=1S/C30H33ClN2O/c1-19-10-24(20(2)33(19)28-14-26(31)6-9-29(28)34-3)18-32-27-7-4-25(5-8-27)30-15-21-11-22(16-30)13-23(12-21)17-30/h4-10,14,18,21-23H,11-13,15-17H2,1-3H3. The van der Waals surface area contributed by atoms with Gasteiger partial charge < -0.3 is 9.30 Å². The fourth-order valence-corrected chi connectivity index (χ4v) is 7.80. The number of aliphatic imine (C=N–C) groups is 1. The summed E-state index contributed by atoms with van der Waals surface area (Å²) in [5.41, 5.74) is 7.30. The minimum absolute atomic E-state index is 0.442. The number of aryl methyl sites for hydroxylation is 1. The third-order valence-corrected chi connectivity index (χ3v) is 8.96. The molecule has 0 spiro atoms. The predicted octanol–water partition coefficient (Wildman–Crippen LogP) is 7.97. The van der Waals surface area contributed by atoms with Crippen LogP contribution in [0.5, 0.6) is 5.75 Å². The van der Waals surface area contributed by atoms with Gasteiger partial charge in [-0.1, -0.05) is 23.7 Å². The van der Waals surface area contributed by atoms with E-state index in [-0.39, 0.29) is 0 Å². The SMILES string of the molecule is COc1ccc(Cl)cc1-n1c(C)cc(C=Nc2ccc(C34CC5CC(CC(C5)C3)C4)cc2)c1C. The largest absolute Gasteiger partial charge is 0.495 e. The van der Waals surface area contributed by atoms with Gasteiger partial charge in [-0.15, -0.1) is 0 Å². The van der Waals surface area contributed by atoms with Crippen LogP contribution >= 0.6 is 11.6 Å². The van der Waals surface area contributed by atoms with E-state index in [9.17, 15) is 0 Å². The molecule has 4 aliphatic rings. The molecule has 4 aliphatic carbocycles. The fourth-order valence-electron chi connectivity index (χ4n) is 7.64. The highest BCUT2D eigenvalue weighted by Crippen LogP contribution is 2.60. The molecule has 0 atom stereocenters. The van der Waals surface area contributed by atoms with Crippen LogP contribution in [0.1, 0.15) is 61.0 Å². The van der Waals surface area contributed by atoms with Crippen LogP contribution in [0, 0.1) is 31.6 Å². The van der Waals surface area contributed by atoms with E-state index < -0.39 is 0 Å². The van der Waals surface area contributed by atoms with Crippen LogP contribution in [0.25, 0.3) is 5.69 Å². The Morgan fingerprint density at radius 3 is 2.21 bits per heavy atom. The van der Waals surface area contributed by atoms with Crippen molar-refractivity contribution in [3.8, 4) is 11.4 Å². The van der Waals surface area contributed by atoms with Gasteiger partial charge in [0.1, 0.15) is 5.75 Å². The first-order valence-corrected chi connectivity index (χ1v) is 13.0. The van der Waals surface area contributed by atoms with E-state index in [2.05, 4.69) is 48.7 Å². The number of nitrogens with zero attached hydrogens (tertiary/aromatic N) is 2. The van der Waals surface area contributed by atoms with E-state index in [0.29, 0.717) is 10.4 Å². The Morgan fingerprint density at radius 1 is 0.941 bits per heavy atom. The second kappa shape index (κ2) is 8.30. The molecule has 0 N–H and O–H groups in total. The van der Waals surface area contributed by atoms with E-state index in [1.54, 1.807) is 12.7 Å². The summed E-state index contributed by atoms with van der Waals surface area (Å²) in [6.45, 7) is 4.22. The van der Waals surface area contributed by atoms with Crippen molar-refractivity contribution in [1.82, 2.24) is 4.57 Å². The molecule has 3 aromatic rings. The molecule has 0 unspecified atom stereocenters. The van der Waals surface area contributed by atoms with E-state index >= 15 is 0 Å². The molecular weight excluding hydrogens is 440 g/mol. The number of methoxy groups -OCH3 is 1. The number of halogens is 1. The van der Waals surface area contributed by atoms with Crippen molar-refractivity contribution in [2.75, 3.05) is 7.11 Å². The monoisotopic (exact) mass is 472 g/mol. The summed E-state index contributed by atoms with van der Waals surface area (Å²) in [4.78, 5) is 4.84. The van der Waals surface area contributed by atoms with Gasteiger partial charge in [0.05, 0.1) is 18.5 Å². The molecule has 4 fully saturated rings. The molecule has 0 aliphatic heterocycles. The summed E-state index contributed by atoms with van der Waals surface area (Å²) < 4.78 is 7.77. The molecule has 2 aromatic carbocycles. The molecular formula is C30H33ClN2O. The van der Waals surface area contributed by atoms with E-state index in [1.807, 2.05) is 24.4 Å². The highest BCUT2D eigenvalue weighted by atomic mass is 35.5. The van der Waals surface area contributed by atoms with E-state index in [1.165, 1.54) is 38.5 Å². The van der Waals surface area contributed by atoms with Crippen LogP contribution in [-0.4, -0.2) is 17.9 Å². The molecule has 1 aromatic heterocycles. The van der Waals surface area contributed by atoms with Crippen molar-refractivity contribution in [2.24, 2.45) is 22.7 Å². The number of benzene rings is 2. The Bertz CT molecular complexity index is 1220. The Balaban J connectivity index is 1.25.